The maximum Gasteiger partial charge on any atom is 0.338 e. The van der Waals surface area contributed by atoms with E-state index in [-0.39, 0.29) is 18.3 Å². The van der Waals surface area contributed by atoms with Gasteiger partial charge in [-0.3, -0.25) is 9.36 Å². The fraction of sp³-hybridized carbons (Fsp3) is 0.242. The second-order valence-corrected chi connectivity index (χ2v) is 13.3. The number of esters is 1. The summed E-state index contributed by atoms with van der Waals surface area (Å²) < 4.78 is 21.5. The molecule has 43 heavy (non-hydrogen) atoms. The van der Waals surface area contributed by atoms with E-state index in [1.54, 1.807) is 11.5 Å². The summed E-state index contributed by atoms with van der Waals surface area (Å²) in [6.07, 6.45) is 1.82. The second-order valence-electron chi connectivity index (χ2n) is 9.91. The zero-order valence-electron chi connectivity index (χ0n) is 24.1. The average molecular weight is 820 g/mol. The molecule has 222 valence electrons. The van der Waals surface area contributed by atoms with Crippen molar-refractivity contribution in [1.82, 2.24) is 4.57 Å². The Kier molecular flexibility index (Phi) is 10.1. The minimum Gasteiger partial charge on any atom is -0.494 e. The Hall–Kier alpha value is -2.97. The van der Waals surface area contributed by atoms with Crippen molar-refractivity contribution in [2.45, 2.75) is 39.8 Å². The quantitative estimate of drug-likeness (QED) is 0.146. The molecule has 3 aromatic carbocycles. The van der Waals surface area contributed by atoms with Crippen molar-refractivity contribution in [3.8, 4) is 11.5 Å². The van der Waals surface area contributed by atoms with E-state index in [1.165, 1.54) is 11.3 Å². The Labute approximate surface area is 281 Å². The number of benzene rings is 3. The van der Waals surface area contributed by atoms with E-state index < -0.39 is 12.0 Å². The molecule has 5 rings (SSSR count). The van der Waals surface area contributed by atoms with E-state index in [9.17, 15) is 9.59 Å². The molecule has 0 saturated heterocycles. The van der Waals surface area contributed by atoms with E-state index in [4.69, 9.17) is 19.2 Å². The van der Waals surface area contributed by atoms with E-state index in [0.717, 1.165) is 29.6 Å². The number of hydrogen-bond donors (Lipinski definition) is 0. The van der Waals surface area contributed by atoms with Gasteiger partial charge in [-0.05, 0) is 109 Å². The highest BCUT2D eigenvalue weighted by Gasteiger charge is 2.35. The highest BCUT2D eigenvalue weighted by Crippen LogP contribution is 2.36. The summed E-state index contributed by atoms with van der Waals surface area (Å²) in [6.45, 7) is 8.36. The van der Waals surface area contributed by atoms with Crippen molar-refractivity contribution in [3.05, 3.63) is 116 Å². The topological polar surface area (TPSA) is 79.1 Å². The van der Waals surface area contributed by atoms with Crippen molar-refractivity contribution >= 4 is 74.3 Å². The zero-order chi connectivity index (χ0) is 30.7. The number of halogens is 2. The molecule has 0 amide bonds. The minimum absolute atomic E-state index is 0.0397. The average Bonchev–Trinajstić information content (AvgIpc) is 3.29. The molecule has 7 nitrogen and oxygen atoms in total. The maximum atomic E-state index is 14.3. The van der Waals surface area contributed by atoms with Gasteiger partial charge >= 0.3 is 5.97 Å². The molecule has 0 radical (unpaired) electrons. The van der Waals surface area contributed by atoms with Crippen molar-refractivity contribution in [2.75, 3.05) is 13.2 Å². The lowest BCUT2D eigenvalue weighted by Gasteiger charge is -2.26. The first-order valence-corrected chi connectivity index (χ1v) is 16.9. The number of hydrogen-bond acceptors (Lipinski definition) is 7. The van der Waals surface area contributed by atoms with Crippen LogP contribution in [0.5, 0.6) is 11.5 Å². The monoisotopic (exact) mass is 820 g/mol. The van der Waals surface area contributed by atoms with Gasteiger partial charge in [-0.15, -0.1) is 0 Å². The van der Waals surface area contributed by atoms with Gasteiger partial charge in [-0.25, -0.2) is 9.79 Å². The predicted molar refractivity (Wildman–Crippen MR) is 186 cm³/mol. The first-order chi connectivity index (χ1) is 20.7. The molecule has 0 aliphatic carbocycles. The number of thiazole rings is 1. The number of aromatic nitrogens is 1. The number of fused-ring (bicyclic) bond motifs is 1. The van der Waals surface area contributed by atoms with Crippen LogP contribution in [-0.4, -0.2) is 29.9 Å². The molecule has 1 atom stereocenters. The van der Waals surface area contributed by atoms with Gasteiger partial charge in [0, 0.05) is 14.7 Å². The van der Waals surface area contributed by atoms with Crippen molar-refractivity contribution in [3.63, 3.8) is 0 Å². The fourth-order valence-corrected chi connectivity index (χ4v) is 7.87. The van der Waals surface area contributed by atoms with Crippen LogP contribution >= 0.6 is 56.5 Å². The lowest BCUT2D eigenvalue weighted by atomic mass is 9.93. The minimum atomic E-state index is -0.759. The molecule has 0 N–H and O–H groups in total. The molecule has 1 aliphatic heterocycles. The van der Waals surface area contributed by atoms with Crippen LogP contribution < -0.4 is 24.4 Å². The van der Waals surface area contributed by atoms with Crippen LogP contribution in [0.1, 0.15) is 50.4 Å². The summed E-state index contributed by atoms with van der Waals surface area (Å²) in [5.41, 5.74) is 2.86. The highest BCUT2D eigenvalue weighted by molar-refractivity contribution is 14.1. The maximum absolute atomic E-state index is 14.3. The molecular weight excluding hydrogens is 790 g/mol. The number of rotatable bonds is 9. The van der Waals surface area contributed by atoms with Gasteiger partial charge < -0.3 is 14.2 Å². The third-order valence-corrected chi connectivity index (χ3v) is 8.96. The normalized spacial score (nSPS) is 14.9. The summed E-state index contributed by atoms with van der Waals surface area (Å²) in [4.78, 5) is 33.4. The molecule has 0 saturated carbocycles. The van der Waals surface area contributed by atoms with Crippen LogP contribution in [0.3, 0.4) is 0 Å². The molecular formula is C33H30I2N2O5S. The number of ether oxygens (including phenoxy) is 3. The second kappa shape index (κ2) is 13.8. The molecule has 4 aromatic rings. The van der Waals surface area contributed by atoms with Crippen LogP contribution in [0.2, 0.25) is 0 Å². The number of nitrogens with zero attached hydrogens (tertiary/aromatic N) is 2. The SMILES string of the molecule is CCOC(=O)C1=C(c2ccccc2)N=c2s/c(=C\c3cc(I)cc(I)c3OC(C)C)c(=O)n2[C@H]1c1ccc(OCC)cc1. The molecule has 1 aromatic heterocycles. The summed E-state index contributed by atoms with van der Waals surface area (Å²) in [5.74, 6) is 0.912. The van der Waals surface area contributed by atoms with Crippen LogP contribution in [-0.2, 0) is 9.53 Å². The lowest BCUT2D eigenvalue weighted by Crippen LogP contribution is -2.40. The highest BCUT2D eigenvalue weighted by atomic mass is 127. The first kappa shape index (κ1) is 31.5. The van der Waals surface area contributed by atoms with Gasteiger partial charge in [-0.2, -0.15) is 0 Å². The van der Waals surface area contributed by atoms with Crippen molar-refractivity contribution < 1.29 is 19.0 Å². The molecule has 2 heterocycles. The first-order valence-electron chi connectivity index (χ1n) is 13.9. The Morgan fingerprint density at radius 3 is 2.42 bits per heavy atom. The third-order valence-electron chi connectivity index (χ3n) is 6.56. The molecule has 1 aliphatic rings. The zero-order valence-corrected chi connectivity index (χ0v) is 29.2. The third kappa shape index (κ3) is 6.75. The van der Waals surface area contributed by atoms with Gasteiger partial charge in [0.15, 0.2) is 4.80 Å². The lowest BCUT2D eigenvalue weighted by molar-refractivity contribution is -0.138. The Morgan fingerprint density at radius 2 is 1.77 bits per heavy atom. The number of carbonyl (C=O) groups is 1. The largest absolute Gasteiger partial charge is 0.494 e. The van der Waals surface area contributed by atoms with E-state index in [1.807, 2.05) is 93.6 Å². The molecule has 0 bridgehead atoms. The molecule has 10 heteroatoms. The van der Waals surface area contributed by atoms with Crippen LogP contribution in [0.25, 0.3) is 11.8 Å². The Bertz CT molecular complexity index is 1860. The Morgan fingerprint density at radius 1 is 1.05 bits per heavy atom. The van der Waals surface area contributed by atoms with E-state index in [0.29, 0.717) is 33.0 Å². The summed E-state index contributed by atoms with van der Waals surface area (Å²) >= 11 is 5.82. The summed E-state index contributed by atoms with van der Waals surface area (Å²) in [6, 6.07) is 20.3. The van der Waals surface area contributed by atoms with E-state index in [2.05, 4.69) is 45.2 Å². The van der Waals surface area contributed by atoms with Gasteiger partial charge in [0.1, 0.15) is 11.5 Å². The van der Waals surface area contributed by atoms with Gasteiger partial charge in [0.05, 0.1) is 44.7 Å². The van der Waals surface area contributed by atoms with Gasteiger partial charge in [0.25, 0.3) is 5.56 Å². The molecule has 0 spiro atoms. The summed E-state index contributed by atoms with van der Waals surface area (Å²) in [5, 5.41) is 0. The molecule has 0 fully saturated rings. The van der Waals surface area contributed by atoms with Gasteiger partial charge in [0.2, 0.25) is 0 Å². The van der Waals surface area contributed by atoms with Crippen LogP contribution in [0, 0.1) is 7.14 Å². The summed E-state index contributed by atoms with van der Waals surface area (Å²) in [7, 11) is 0. The number of carbonyl (C=O) groups excluding carboxylic acids is 1. The molecule has 0 unspecified atom stereocenters. The van der Waals surface area contributed by atoms with Crippen molar-refractivity contribution in [1.29, 1.82) is 0 Å². The predicted octanol–water partition coefficient (Wildman–Crippen LogP) is 6.33. The fourth-order valence-electron chi connectivity index (χ4n) is 4.86. The smallest absolute Gasteiger partial charge is 0.338 e. The van der Waals surface area contributed by atoms with E-state index >= 15 is 0 Å². The van der Waals surface area contributed by atoms with Crippen LogP contribution in [0.15, 0.2) is 82.1 Å². The van der Waals surface area contributed by atoms with Crippen molar-refractivity contribution in [2.24, 2.45) is 4.99 Å². The van der Waals surface area contributed by atoms with Gasteiger partial charge in [-0.1, -0.05) is 53.8 Å². The standard InChI is InChI=1S/C33H30I2N2O5S/c1-5-40-24-14-12-21(13-15-24)29-27(32(39)41-6-2)28(20-10-8-7-9-11-20)36-33-37(29)31(38)26(43-33)17-22-16-23(34)18-25(35)30(22)42-19(3)4/h7-19,29H,5-6H2,1-4H3/b26-17-/t29-/m0/s1. The Balaban J connectivity index is 1.81. The van der Waals surface area contributed by atoms with Crippen LogP contribution in [0.4, 0.5) is 0 Å².